The van der Waals surface area contributed by atoms with Crippen LogP contribution in [0.2, 0.25) is 0 Å². The lowest BCUT2D eigenvalue weighted by molar-refractivity contribution is 0.920. The number of nitrogen functional groups attached to an aromatic ring is 1. The summed E-state index contributed by atoms with van der Waals surface area (Å²) in [4.78, 5) is 7.12. The van der Waals surface area contributed by atoms with E-state index in [2.05, 4.69) is 57.1 Å². The molecule has 0 atom stereocenters. The Balaban J connectivity index is 2.02. The van der Waals surface area contributed by atoms with Crippen LogP contribution in [-0.2, 0) is 12.8 Å². The SMILES string of the molecule is Cc1ccc(CCc2[nH]c(N)nc2Br)cc1. The molecule has 2 rings (SSSR count). The van der Waals surface area contributed by atoms with Gasteiger partial charge in [0.15, 0.2) is 5.95 Å². The lowest BCUT2D eigenvalue weighted by Crippen LogP contribution is -1.93. The van der Waals surface area contributed by atoms with Gasteiger partial charge in [0, 0.05) is 0 Å². The van der Waals surface area contributed by atoms with Crippen molar-refractivity contribution < 1.29 is 0 Å². The van der Waals surface area contributed by atoms with Crippen molar-refractivity contribution in [2.24, 2.45) is 0 Å². The Morgan fingerprint density at radius 2 is 1.94 bits per heavy atom. The normalized spacial score (nSPS) is 10.6. The standard InChI is InChI=1S/C12H14BrN3/c1-8-2-4-9(5-3-8)6-7-10-11(13)16-12(14)15-10/h2-5H,6-7H2,1H3,(H3,14,15,16). The highest BCUT2D eigenvalue weighted by Gasteiger charge is 2.05. The van der Waals surface area contributed by atoms with Crippen molar-refractivity contribution in [2.75, 3.05) is 5.73 Å². The molecular formula is C12H14BrN3. The molecule has 1 aromatic carbocycles. The van der Waals surface area contributed by atoms with Crippen LogP contribution in [0, 0.1) is 6.92 Å². The number of nitrogens with two attached hydrogens (primary N) is 1. The number of aromatic nitrogens is 2. The number of imidazole rings is 1. The van der Waals surface area contributed by atoms with Gasteiger partial charge in [0.05, 0.1) is 5.69 Å². The van der Waals surface area contributed by atoms with Crippen LogP contribution in [0.1, 0.15) is 16.8 Å². The molecule has 0 fully saturated rings. The lowest BCUT2D eigenvalue weighted by atomic mass is 10.1. The number of benzene rings is 1. The molecule has 0 saturated heterocycles. The summed E-state index contributed by atoms with van der Waals surface area (Å²) in [5.41, 5.74) is 9.24. The van der Waals surface area contributed by atoms with Crippen molar-refractivity contribution in [2.45, 2.75) is 19.8 Å². The summed E-state index contributed by atoms with van der Waals surface area (Å²) < 4.78 is 0.817. The number of rotatable bonds is 3. The van der Waals surface area contributed by atoms with Gasteiger partial charge in [-0.1, -0.05) is 29.8 Å². The van der Waals surface area contributed by atoms with E-state index in [1.807, 2.05) is 0 Å². The second-order valence-corrected chi connectivity index (χ2v) is 4.63. The van der Waals surface area contributed by atoms with Crippen molar-refractivity contribution in [3.63, 3.8) is 0 Å². The van der Waals surface area contributed by atoms with Crippen molar-refractivity contribution in [3.05, 3.63) is 45.7 Å². The molecule has 0 saturated carbocycles. The Morgan fingerprint density at radius 1 is 1.25 bits per heavy atom. The molecule has 1 aromatic heterocycles. The highest BCUT2D eigenvalue weighted by Crippen LogP contribution is 2.17. The van der Waals surface area contributed by atoms with Crippen LogP contribution in [0.3, 0.4) is 0 Å². The second-order valence-electron chi connectivity index (χ2n) is 3.88. The van der Waals surface area contributed by atoms with Gasteiger partial charge in [-0.3, -0.25) is 0 Å². The number of aromatic amines is 1. The Bertz CT molecular complexity index is 474. The summed E-state index contributed by atoms with van der Waals surface area (Å²) in [6, 6.07) is 8.57. The third kappa shape index (κ3) is 2.64. The molecule has 0 radical (unpaired) electrons. The summed E-state index contributed by atoms with van der Waals surface area (Å²) in [7, 11) is 0. The Kier molecular flexibility index (Phi) is 3.29. The summed E-state index contributed by atoms with van der Waals surface area (Å²) in [5.74, 6) is 0.464. The molecule has 16 heavy (non-hydrogen) atoms. The van der Waals surface area contributed by atoms with Gasteiger partial charge in [0.1, 0.15) is 4.60 Å². The average molecular weight is 280 g/mol. The fourth-order valence-corrected chi connectivity index (χ4v) is 2.09. The first-order valence-electron chi connectivity index (χ1n) is 5.20. The van der Waals surface area contributed by atoms with Crippen molar-refractivity contribution in [1.82, 2.24) is 9.97 Å². The predicted octanol–water partition coefficient (Wildman–Crippen LogP) is 2.85. The van der Waals surface area contributed by atoms with E-state index in [-0.39, 0.29) is 0 Å². The molecule has 0 aliphatic heterocycles. The van der Waals surface area contributed by atoms with Gasteiger partial charge in [-0.25, -0.2) is 4.98 Å². The van der Waals surface area contributed by atoms with Gasteiger partial charge in [0.25, 0.3) is 0 Å². The average Bonchev–Trinajstić information content (AvgIpc) is 2.57. The van der Waals surface area contributed by atoms with Crippen molar-refractivity contribution in [1.29, 1.82) is 0 Å². The number of nitrogens with one attached hydrogen (secondary N) is 1. The molecule has 0 spiro atoms. The third-order valence-electron chi connectivity index (χ3n) is 2.53. The van der Waals surface area contributed by atoms with Gasteiger partial charge in [0.2, 0.25) is 0 Å². The maximum Gasteiger partial charge on any atom is 0.198 e. The maximum absolute atomic E-state index is 5.57. The summed E-state index contributed by atoms with van der Waals surface area (Å²) >= 11 is 3.38. The molecule has 0 bridgehead atoms. The van der Waals surface area contributed by atoms with Gasteiger partial charge in [-0.05, 0) is 41.3 Å². The molecule has 4 heteroatoms. The van der Waals surface area contributed by atoms with Crippen LogP contribution in [0.4, 0.5) is 5.95 Å². The highest BCUT2D eigenvalue weighted by atomic mass is 79.9. The van der Waals surface area contributed by atoms with Gasteiger partial charge >= 0.3 is 0 Å². The molecule has 0 amide bonds. The minimum atomic E-state index is 0.464. The summed E-state index contributed by atoms with van der Waals surface area (Å²) in [5, 5.41) is 0. The lowest BCUT2D eigenvalue weighted by Gasteiger charge is -2.01. The Morgan fingerprint density at radius 3 is 2.50 bits per heavy atom. The molecule has 0 unspecified atom stereocenters. The van der Waals surface area contributed by atoms with E-state index in [0.717, 1.165) is 23.1 Å². The molecule has 84 valence electrons. The second kappa shape index (κ2) is 4.70. The molecule has 0 aliphatic rings. The van der Waals surface area contributed by atoms with E-state index >= 15 is 0 Å². The zero-order valence-electron chi connectivity index (χ0n) is 9.13. The van der Waals surface area contributed by atoms with Crippen LogP contribution in [0.15, 0.2) is 28.9 Å². The van der Waals surface area contributed by atoms with Crippen LogP contribution in [0.5, 0.6) is 0 Å². The molecule has 2 aromatic rings. The van der Waals surface area contributed by atoms with E-state index in [1.165, 1.54) is 11.1 Å². The minimum Gasteiger partial charge on any atom is -0.369 e. The minimum absolute atomic E-state index is 0.464. The Labute approximate surface area is 103 Å². The monoisotopic (exact) mass is 279 g/mol. The number of H-pyrrole nitrogens is 1. The molecule has 3 nitrogen and oxygen atoms in total. The first kappa shape index (κ1) is 11.2. The first-order chi connectivity index (χ1) is 7.65. The van der Waals surface area contributed by atoms with Crippen LogP contribution in [-0.4, -0.2) is 9.97 Å². The van der Waals surface area contributed by atoms with Crippen LogP contribution < -0.4 is 5.73 Å². The summed E-state index contributed by atoms with van der Waals surface area (Å²) in [6.07, 6.45) is 1.90. The third-order valence-corrected chi connectivity index (χ3v) is 3.19. The van der Waals surface area contributed by atoms with Gasteiger partial charge in [-0.2, -0.15) is 0 Å². The van der Waals surface area contributed by atoms with Crippen molar-refractivity contribution in [3.8, 4) is 0 Å². The van der Waals surface area contributed by atoms with Gasteiger partial charge < -0.3 is 10.7 Å². The highest BCUT2D eigenvalue weighted by molar-refractivity contribution is 9.10. The first-order valence-corrected chi connectivity index (χ1v) is 6.00. The quantitative estimate of drug-likeness (QED) is 0.908. The smallest absolute Gasteiger partial charge is 0.198 e. The maximum atomic E-state index is 5.57. The number of anilines is 1. The zero-order chi connectivity index (χ0) is 11.5. The molecule has 0 aliphatic carbocycles. The number of hydrogen-bond acceptors (Lipinski definition) is 2. The van der Waals surface area contributed by atoms with Crippen molar-refractivity contribution >= 4 is 21.9 Å². The topological polar surface area (TPSA) is 54.7 Å². The van der Waals surface area contributed by atoms with E-state index in [0.29, 0.717) is 5.95 Å². The predicted molar refractivity (Wildman–Crippen MR) is 69.3 cm³/mol. The number of halogens is 1. The van der Waals surface area contributed by atoms with Crippen LogP contribution in [0.25, 0.3) is 0 Å². The fraction of sp³-hybridized carbons (Fsp3) is 0.250. The Hall–Kier alpha value is -1.29. The van der Waals surface area contributed by atoms with E-state index in [4.69, 9.17) is 5.73 Å². The number of nitrogens with zero attached hydrogens (tertiary/aromatic N) is 1. The van der Waals surface area contributed by atoms with E-state index in [9.17, 15) is 0 Å². The van der Waals surface area contributed by atoms with E-state index in [1.54, 1.807) is 0 Å². The fourth-order valence-electron chi connectivity index (χ4n) is 1.60. The van der Waals surface area contributed by atoms with E-state index < -0.39 is 0 Å². The zero-order valence-corrected chi connectivity index (χ0v) is 10.7. The summed E-state index contributed by atoms with van der Waals surface area (Å²) in [6.45, 7) is 2.09. The molecule has 3 N–H and O–H groups in total. The number of aryl methyl sites for hydroxylation is 3. The largest absolute Gasteiger partial charge is 0.369 e. The molecular weight excluding hydrogens is 266 g/mol. The molecule has 1 heterocycles. The van der Waals surface area contributed by atoms with Crippen LogP contribution >= 0.6 is 15.9 Å². The van der Waals surface area contributed by atoms with Gasteiger partial charge in [-0.15, -0.1) is 0 Å². The number of hydrogen-bond donors (Lipinski definition) is 2.